The molecule has 0 aromatic carbocycles. The highest BCUT2D eigenvalue weighted by Crippen LogP contribution is 2.30. The van der Waals surface area contributed by atoms with E-state index in [1.165, 1.54) is 18.1 Å². The molecule has 1 saturated heterocycles. The van der Waals surface area contributed by atoms with Gasteiger partial charge in [0.25, 0.3) is 5.91 Å². The van der Waals surface area contributed by atoms with Gasteiger partial charge in [-0.25, -0.2) is 9.97 Å². The Balaban J connectivity index is 1.60. The fourth-order valence-electron chi connectivity index (χ4n) is 3.30. The number of amides is 1. The highest BCUT2D eigenvalue weighted by Gasteiger charge is 2.30. The highest BCUT2D eigenvalue weighted by atomic mass is 32.2. The molecule has 2 atom stereocenters. The molecule has 2 aliphatic rings. The Labute approximate surface area is 149 Å². The molecule has 8 nitrogen and oxygen atoms in total. The van der Waals surface area contributed by atoms with Crippen molar-refractivity contribution in [3.05, 3.63) is 29.7 Å². The van der Waals surface area contributed by atoms with Gasteiger partial charge in [0.1, 0.15) is 17.8 Å². The lowest BCUT2D eigenvalue weighted by atomic mass is 10.0. The van der Waals surface area contributed by atoms with Crippen molar-refractivity contribution in [3.63, 3.8) is 0 Å². The van der Waals surface area contributed by atoms with Crippen molar-refractivity contribution in [3.8, 4) is 0 Å². The Morgan fingerprint density at radius 2 is 2.28 bits per heavy atom. The Kier molecular flexibility index (Phi) is 4.36. The van der Waals surface area contributed by atoms with Crippen molar-refractivity contribution in [2.24, 2.45) is 5.73 Å². The molecule has 1 amide bonds. The third-order valence-electron chi connectivity index (χ3n) is 4.43. The van der Waals surface area contributed by atoms with Crippen LogP contribution in [0.15, 0.2) is 29.7 Å². The van der Waals surface area contributed by atoms with Crippen molar-refractivity contribution in [2.45, 2.75) is 18.6 Å². The Morgan fingerprint density at radius 3 is 3.12 bits per heavy atom. The lowest BCUT2D eigenvalue weighted by Gasteiger charge is -2.35. The topological polar surface area (TPSA) is 111 Å². The van der Waals surface area contributed by atoms with Gasteiger partial charge in [-0.3, -0.25) is 4.79 Å². The zero-order valence-corrected chi connectivity index (χ0v) is 14.4. The van der Waals surface area contributed by atoms with E-state index < -0.39 is 6.10 Å². The van der Waals surface area contributed by atoms with Gasteiger partial charge in [-0.2, -0.15) is 0 Å². The number of aliphatic hydroxyl groups is 1. The molecule has 2 aliphatic heterocycles. The number of rotatable bonds is 2. The summed E-state index contributed by atoms with van der Waals surface area (Å²) >= 11 is 1.53. The molecule has 2 aromatic heterocycles. The number of β-amino-alcohol motifs (C(OH)–C–C–N with tert-alkyl or cyclic N) is 1. The number of hydrogen-bond donors (Lipinski definition) is 3. The first-order valence-electron chi connectivity index (χ1n) is 8.24. The molecule has 1 fully saturated rings. The van der Waals surface area contributed by atoms with Crippen LogP contribution in [0.25, 0.3) is 11.0 Å². The molecule has 0 spiro atoms. The van der Waals surface area contributed by atoms with E-state index in [4.69, 9.17) is 5.73 Å². The number of aromatic nitrogens is 3. The third kappa shape index (κ3) is 3.22. The molecule has 4 heterocycles. The van der Waals surface area contributed by atoms with E-state index in [1.54, 1.807) is 4.90 Å². The number of aliphatic hydroxyl groups excluding tert-OH is 1. The number of piperidine rings is 1. The van der Waals surface area contributed by atoms with E-state index in [2.05, 4.69) is 15.0 Å². The van der Waals surface area contributed by atoms with Gasteiger partial charge in [0, 0.05) is 43.8 Å². The van der Waals surface area contributed by atoms with E-state index in [0.29, 0.717) is 24.4 Å². The number of hydrogen-bond acceptors (Lipinski definition) is 7. The number of nitrogens with zero attached hydrogens (tertiary/aromatic N) is 4. The second-order valence-corrected chi connectivity index (χ2v) is 7.47. The summed E-state index contributed by atoms with van der Waals surface area (Å²) in [7, 11) is 0. The van der Waals surface area contributed by atoms with Crippen molar-refractivity contribution < 1.29 is 9.90 Å². The van der Waals surface area contributed by atoms with E-state index in [0.717, 1.165) is 29.1 Å². The minimum absolute atomic E-state index is 0.0803. The number of thioether (sulfide) groups is 1. The maximum atomic E-state index is 12.8. The van der Waals surface area contributed by atoms with Gasteiger partial charge in [-0.05, 0) is 12.5 Å². The first kappa shape index (κ1) is 16.4. The van der Waals surface area contributed by atoms with Crippen molar-refractivity contribution >= 4 is 34.5 Å². The van der Waals surface area contributed by atoms with Crippen LogP contribution in [0, 0.1) is 0 Å². The van der Waals surface area contributed by atoms with Crippen LogP contribution in [-0.4, -0.2) is 68.4 Å². The number of H-pyrrole nitrogens is 1. The van der Waals surface area contributed by atoms with Gasteiger partial charge < -0.3 is 25.6 Å². The average Bonchev–Trinajstić information content (AvgIpc) is 3.09. The number of nitrogens with one attached hydrogen (secondary N) is 1. The largest absolute Gasteiger partial charge is 0.391 e. The Hall–Kier alpha value is -2.10. The van der Waals surface area contributed by atoms with Crippen LogP contribution in [0.2, 0.25) is 0 Å². The summed E-state index contributed by atoms with van der Waals surface area (Å²) in [5.74, 6) is 1.49. The van der Waals surface area contributed by atoms with Gasteiger partial charge in [-0.15, -0.1) is 11.8 Å². The molecule has 4 rings (SSSR count). The number of aromatic amines is 1. The summed E-state index contributed by atoms with van der Waals surface area (Å²) in [6, 6.07) is 1.75. The third-order valence-corrected chi connectivity index (χ3v) is 5.40. The summed E-state index contributed by atoms with van der Waals surface area (Å²) in [5.41, 5.74) is 6.71. The SMILES string of the molecule is N[C@@H]1C[C@H](O)CN(C(=O)C2=CN(c3ncnc4[nH]ccc34)CCS2)C1. The van der Waals surface area contributed by atoms with Crippen LogP contribution < -0.4 is 10.6 Å². The summed E-state index contributed by atoms with van der Waals surface area (Å²) < 4.78 is 0. The van der Waals surface area contributed by atoms with Gasteiger partial charge in [-0.1, -0.05) is 0 Å². The first-order chi connectivity index (χ1) is 12.1. The average molecular weight is 360 g/mol. The second-order valence-electron chi connectivity index (χ2n) is 6.33. The molecular weight excluding hydrogens is 340 g/mol. The van der Waals surface area contributed by atoms with E-state index in [1.807, 2.05) is 23.4 Å². The lowest BCUT2D eigenvalue weighted by molar-refractivity contribution is -0.129. The molecule has 0 unspecified atom stereocenters. The van der Waals surface area contributed by atoms with Crippen LogP contribution in [0.1, 0.15) is 6.42 Å². The Morgan fingerprint density at radius 1 is 1.40 bits per heavy atom. The molecule has 9 heteroatoms. The van der Waals surface area contributed by atoms with E-state index >= 15 is 0 Å². The number of nitrogens with two attached hydrogens (primary N) is 1. The monoisotopic (exact) mass is 360 g/mol. The summed E-state index contributed by atoms with van der Waals surface area (Å²) in [6.07, 6.45) is 5.17. The van der Waals surface area contributed by atoms with Crippen LogP contribution in [0.5, 0.6) is 0 Å². The molecule has 0 aliphatic carbocycles. The normalized spacial score (nSPS) is 24.5. The van der Waals surface area contributed by atoms with Gasteiger partial charge in [0.15, 0.2) is 0 Å². The molecule has 0 bridgehead atoms. The standard InChI is InChI=1S/C16H20N6O2S/c17-10-5-11(23)7-22(6-10)16(24)13-8-21(3-4-25-13)15-12-1-2-18-14(12)19-9-20-15/h1-2,8-11,23H,3-7,17H2,(H,18,19,20)/t10-,11+/m1/s1. The zero-order valence-electron chi connectivity index (χ0n) is 13.6. The highest BCUT2D eigenvalue weighted by molar-refractivity contribution is 8.04. The molecular formula is C16H20N6O2S. The van der Waals surface area contributed by atoms with Gasteiger partial charge in [0.05, 0.1) is 16.4 Å². The van der Waals surface area contributed by atoms with Crippen molar-refractivity contribution in [2.75, 3.05) is 30.3 Å². The first-order valence-corrected chi connectivity index (χ1v) is 9.22. The van der Waals surface area contributed by atoms with Crippen molar-refractivity contribution in [1.29, 1.82) is 0 Å². The van der Waals surface area contributed by atoms with E-state index in [9.17, 15) is 9.90 Å². The maximum absolute atomic E-state index is 12.8. The molecule has 0 radical (unpaired) electrons. The molecule has 0 saturated carbocycles. The van der Waals surface area contributed by atoms with Crippen molar-refractivity contribution in [1.82, 2.24) is 19.9 Å². The van der Waals surface area contributed by atoms with Crippen LogP contribution in [0.4, 0.5) is 5.82 Å². The van der Waals surface area contributed by atoms with Crippen LogP contribution >= 0.6 is 11.8 Å². The number of carbonyl (C=O) groups excluding carboxylic acids is 1. The summed E-state index contributed by atoms with van der Waals surface area (Å²) in [4.78, 5) is 28.8. The Bertz CT molecular complexity index is 812. The van der Waals surface area contributed by atoms with Gasteiger partial charge in [0.2, 0.25) is 0 Å². The minimum atomic E-state index is -0.556. The summed E-state index contributed by atoms with van der Waals surface area (Å²) in [5, 5.41) is 10.8. The fourth-order valence-corrected chi connectivity index (χ4v) is 4.26. The number of fused-ring (bicyclic) bond motifs is 1. The quantitative estimate of drug-likeness (QED) is 0.705. The number of anilines is 1. The van der Waals surface area contributed by atoms with Gasteiger partial charge >= 0.3 is 0 Å². The maximum Gasteiger partial charge on any atom is 0.261 e. The molecule has 2 aromatic rings. The molecule has 25 heavy (non-hydrogen) atoms. The fraction of sp³-hybridized carbons (Fsp3) is 0.438. The predicted octanol–water partition coefficient (Wildman–Crippen LogP) is 0.273. The minimum Gasteiger partial charge on any atom is -0.391 e. The van der Waals surface area contributed by atoms with E-state index in [-0.39, 0.29) is 11.9 Å². The number of carbonyl (C=O) groups is 1. The number of likely N-dealkylation sites (tertiary alicyclic amines) is 1. The van der Waals surface area contributed by atoms with Crippen LogP contribution in [0.3, 0.4) is 0 Å². The lowest BCUT2D eigenvalue weighted by Crippen LogP contribution is -2.51. The summed E-state index contributed by atoms with van der Waals surface area (Å²) in [6.45, 7) is 1.57. The zero-order chi connectivity index (χ0) is 17.4. The smallest absolute Gasteiger partial charge is 0.261 e. The molecule has 4 N–H and O–H groups in total. The second kappa shape index (κ2) is 6.66. The van der Waals surface area contributed by atoms with Crippen LogP contribution in [-0.2, 0) is 4.79 Å². The molecule has 132 valence electrons. The predicted molar refractivity (Wildman–Crippen MR) is 97.0 cm³/mol.